The highest BCUT2D eigenvalue weighted by atomic mass is 32.1. The van der Waals surface area contributed by atoms with Crippen LogP contribution in [0.5, 0.6) is 0 Å². The molecule has 7 heteroatoms. The molecule has 3 rings (SSSR count). The summed E-state index contributed by atoms with van der Waals surface area (Å²) in [4.78, 5) is 38.7. The van der Waals surface area contributed by atoms with E-state index < -0.39 is 0 Å². The van der Waals surface area contributed by atoms with Crippen LogP contribution in [-0.4, -0.2) is 38.8 Å². The van der Waals surface area contributed by atoms with Gasteiger partial charge in [0.15, 0.2) is 0 Å². The number of thiophene rings is 1. The molecular weight excluding hydrogens is 312 g/mol. The summed E-state index contributed by atoms with van der Waals surface area (Å²) >= 11 is 1.25. The number of carbonyl (C=O) groups excluding carboxylic acids is 1. The lowest BCUT2D eigenvalue weighted by Crippen LogP contribution is -2.29. The predicted octanol–water partition coefficient (Wildman–Crippen LogP) is 2.53. The second-order valence-corrected chi connectivity index (χ2v) is 5.99. The van der Waals surface area contributed by atoms with E-state index in [4.69, 9.17) is 0 Å². The van der Waals surface area contributed by atoms with Crippen LogP contribution in [0.25, 0.3) is 21.6 Å². The Bertz CT molecular complexity index is 897. The molecule has 0 fully saturated rings. The molecule has 3 aromatic heterocycles. The number of hydrogen-bond acceptors (Lipinski definition) is 5. The lowest BCUT2D eigenvalue weighted by atomic mass is 10.2. The lowest BCUT2D eigenvalue weighted by Gasteiger charge is -2.16. The van der Waals surface area contributed by atoms with E-state index in [1.807, 2.05) is 13.8 Å². The summed E-state index contributed by atoms with van der Waals surface area (Å²) in [5.41, 5.74) is 0.542. The monoisotopic (exact) mass is 328 g/mol. The Balaban J connectivity index is 2.09. The predicted molar refractivity (Wildman–Crippen MR) is 90.7 cm³/mol. The van der Waals surface area contributed by atoms with Crippen LogP contribution in [0.2, 0.25) is 0 Å². The first-order valence-corrected chi connectivity index (χ1v) is 8.19. The number of aromatic nitrogens is 3. The number of carbonyl (C=O) groups is 1. The van der Waals surface area contributed by atoms with Crippen LogP contribution in [0.3, 0.4) is 0 Å². The van der Waals surface area contributed by atoms with Crippen molar-refractivity contribution in [3.63, 3.8) is 0 Å². The molecule has 1 N–H and O–H groups in total. The molecule has 23 heavy (non-hydrogen) atoms. The van der Waals surface area contributed by atoms with Gasteiger partial charge in [0.05, 0.1) is 10.3 Å². The van der Waals surface area contributed by atoms with E-state index in [0.29, 0.717) is 34.0 Å². The van der Waals surface area contributed by atoms with Crippen molar-refractivity contribution in [1.82, 2.24) is 19.9 Å². The summed E-state index contributed by atoms with van der Waals surface area (Å²) in [6.45, 7) is 5.13. The van der Waals surface area contributed by atoms with E-state index in [9.17, 15) is 9.59 Å². The molecule has 0 aliphatic heterocycles. The van der Waals surface area contributed by atoms with E-state index in [-0.39, 0.29) is 11.5 Å². The Kier molecular flexibility index (Phi) is 4.20. The van der Waals surface area contributed by atoms with Gasteiger partial charge in [-0.25, -0.2) is 4.98 Å². The van der Waals surface area contributed by atoms with E-state index >= 15 is 0 Å². The van der Waals surface area contributed by atoms with Gasteiger partial charge in [0.25, 0.3) is 11.5 Å². The topological polar surface area (TPSA) is 79.0 Å². The van der Waals surface area contributed by atoms with E-state index in [2.05, 4.69) is 15.0 Å². The highest BCUT2D eigenvalue weighted by Gasteiger charge is 2.18. The number of rotatable bonds is 4. The zero-order valence-electron chi connectivity index (χ0n) is 12.9. The van der Waals surface area contributed by atoms with Gasteiger partial charge < -0.3 is 9.88 Å². The number of amides is 1. The second-order valence-electron chi connectivity index (χ2n) is 4.96. The Morgan fingerprint density at radius 1 is 1.26 bits per heavy atom. The third kappa shape index (κ3) is 2.87. The van der Waals surface area contributed by atoms with Gasteiger partial charge in [-0.3, -0.25) is 14.6 Å². The van der Waals surface area contributed by atoms with Crippen molar-refractivity contribution in [2.24, 2.45) is 0 Å². The molecule has 0 bridgehead atoms. The van der Waals surface area contributed by atoms with Crippen molar-refractivity contribution in [1.29, 1.82) is 0 Å². The van der Waals surface area contributed by atoms with Crippen LogP contribution >= 0.6 is 11.3 Å². The quantitative estimate of drug-likeness (QED) is 0.798. The van der Waals surface area contributed by atoms with Crippen LogP contribution in [0, 0.1) is 0 Å². The van der Waals surface area contributed by atoms with Crippen molar-refractivity contribution in [3.8, 4) is 11.4 Å². The van der Waals surface area contributed by atoms with E-state index in [0.717, 1.165) is 5.56 Å². The number of nitrogens with one attached hydrogen (secondary N) is 1. The van der Waals surface area contributed by atoms with Gasteiger partial charge in [0.2, 0.25) is 0 Å². The highest BCUT2D eigenvalue weighted by Crippen LogP contribution is 2.24. The summed E-state index contributed by atoms with van der Waals surface area (Å²) in [6, 6.07) is 5.18. The second kappa shape index (κ2) is 6.29. The van der Waals surface area contributed by atoms with E-state index in [1.165, 1.54) is 11.3 Å². The summed E-state index contributed by atoms with van der Waals surface area (Å²) in [7, 11) is 0. The molecule has 0 aliphatic carbocycles. The average molecular weight is 328 g/mol. The Hall–Kier alpha value is -2.54. The Labute approximate surface area is 136 Å². The van der Waals surface area contributed by atoms with Crippen LogP contribution in [0.4, 0.5) is 0 Å². The maximum atomic E-state index is 12.4. The zero-order chi connectivity index (χ0) is 16.4. The molecule has 0 atom stereocenters. The van der Waals surface area contributed by atoms with Crippen molar-refractivity contribution in [2.45, 2.75) is 13.8 Å². The normalized spacial score (nSPS) is 10.9. The molecule has 118 valence electrons. The standard InChI is InChI=1S/C16H16N4O2S/c1-3-20(4-2)16(22)12-9-11-14(21)18-13(19-15(11)23-12)10-5-7-17-8-6-10/h5-9H,3-4H2,1-2H3,(H,18,19,21). The number of nitrogens with zero attached hydrogens (tertiary/aromatic N) is 3. The number of pyridine rings is 1. The molecular formula is C16H16N4O2S. The van der Waals surface area contributed by atoms with Gasteiger partial charge in [-0.1, -0.05) is 0 Å². The van der Waals surface area contributed by atoms with Crippen LogP contribution in [0.15, 0.2) is 35.4 Å². The Morgan fingerprint density at radius 2 is 1.96 bits per heavy atom. The van der Waals surface area contributed by atoms with Crippen LogP contribution < -0.4 is 5.56 Å². The van der Waals surface area contributed by atoms with Crippen molar-refractivity contribution >= 4 is 27.5 Å². The first-order chi connectivity index (χ1) is 11.1. The fraction of sp³-hybridized carbons (Fsp3) is 0.250. The van der Waals surface area contributed by atoms with Gasteiger partial charge in [-0.05, 0) is 32.0 Å². The largest absolute Gasteiger partial charge is 0.339 e. The van der Waals surface area contributed by atoms with Gasteiger partial charge in [0, 0.05) is 31.0 Å². The number of fused-ring (bicyclic) bond motifs is 1. The third-order valence-corrected chi connectivity index (χ3v) is 4.63. The van der Waals surface area contributed by atoms with Gasteiger partial charge in [-0.15, -0.1) is 11.3 Å². The molecule has 0 aromatic carbocycles. The third-order valence-electron chi connectivity index (χ3n) is 3.62. The molecule has 0 aliphatic rings. The van der Waals surface area contributed by atoms with Crippen molar-refractivity contribution in [3.05, 3.63) is 45.8 Å². The number of H-pyrrole nitrogens is 1. The van der Waals surface area contributed by atoms with Gasteiger partial charge in [-0.2, -0.15) is 0 Å². The molecule has 1 amide bonds. The summed E-state index contributed by atoms with van der Waals surface area (Å²) in [5, 5.41) is 0.448. The summed E-state index contributed by atoms with van der Waals surface area (Å²) in [5.74, 6) is 0.413. The van der Waals surface area contributed by atoms with Crippen LogP contribution in [0.1, 0.15) is 23.5 Å². The van der Waals surface area contributed by atoms with Crippen molar-refractivity contribution in [2.75, 3.05) is 13.1 Å². The summed E-state index contributed by atoms with van der Waals surface area (Å²) in [6.07, 6.45) is 3.28. The molecule has 6 nitrogen and oxygen atoms in total. The van der Waals surface area contributed by atoms with Gasteiger partial charge in [0.1, 0.15) is 10.7 Å². The molecule has 0 unspecified atom stereocenters. The highest BCUT2D eigenvalue weighted by molar-refractivity contribution is 7.20. The van der Waals surface area contributed by atoms with Crippen LogP contribution in [-0.2, 0) is 0 Å². The smallest absolute Gasteiger partial charge is 0.264 e. The van der Waals surface area contributed by atoms with Gasteiger partial charge >= 0.3 is 0 Å². The molecule has 3 aromatic rings. The number of aromatic amines is 1. The maximum Gasteiger partial charge on any atom is 0.264 e. The minimum absolute atomic E-state index is 0.0668. The fourth-order valence-electron chi connectivity index (χ4n) is 2.35. The van der Waals surface area contributed by atoms with E-state index in [1.54, 1.807) is 35.5 Å². The SMILES string of the molecule is CCN(CC)C(=O)c1cc2c(=O)[nH]c(-c3ccncc3)nc2s1. The zero-order valence-corrected chi connectivity index (χ0v) is 13.7. The summed E-state index contributed by atoms with van der Waals surface area (Å²) < 4.78 is 0. The molecule has 3 heterocycles. The molecule has 0 radical (unpaired) electrons. The molecule has 0 saturated carbocycles. The first kappa shape index (κ1) is 15.4. The minimum atomic E-state index is -0.239. The average Bonchev–Trinajstić information content (AvgIpc) is 3.01. The molecule has 0 spiro atoms. The maximum absolute atomic E-state index is 12.4. The number of hydrogen-bond donors (Lipinski definition) is 1. The Morgan fingerprint density at radius 3 is 2.61 bits per heavy atom. The molecule has 0 saturated heterocycles. The lowest BCUT2D eigenvalue weighted by molar-refractivity contribution is 0.0778. The van der Waals surface area contributed by atoms with Crippen molar-refractivity contribution < 1.29 is 4.79 Å². The first-order valence-electron chi connectivity index (χ1n) is 7.37. The fourth-order valence-corrected chi connectivity index (χ4v) is 3.35. The minimum Gasteiger partial charge on any atom is -0.339 e.